The second-order valence-corrected chi connectivity index (χ2v) is 9.54. The molecule has 3 aromatic rings. The van der Waals surface area contributed by atoms with Crippen LogP contribution in [-0.2, 0) is 9.53 Å². The van der Waals surface area contributed by atoms with Crippen molar-refractivity contribution in [2.45, 2.75) is 38.8 Å². The molecule has 0 aliphatic rings. The van der Waals surface area contributed by atoms with E-state index in [0.717, 1.165) is 0 Å². The number of ether oxygens (including phenoxy) is 2. The molecule has 8 nitrogen and oxygen atoms in total. The molecule has 3 rings (SSSR count). The van der Waals surface area contributed by atoms with Gasteiger partial charge in [0.15, 0.2) is 5.43 Å². The Labute approximate surface area is 201 Å². The van der Waals surface area contributed by atoms with E-state index in [1.165, 1.54) is 30.0 Å². The fourth-order valence-corrected chi connectivity index (χ4v) is 3.64. The second kappa shape index (κ2) is 10.6. The minimum atomic E-state index is -0.970. The van der Waals surface area contributed by atoms with Crippen LogP contribution in [0.5, 0.6) is 11.5 Å². The monoisotopic (exact) mass is 485 g/mol. The molecule has 34 heavy (non-hydrogen) atoms. The Kier molecular flexibility index (Phi) is 7.88. The zero-order chi connectivity index (χ0) is 24.9. The molecule has 1 amide bonds. The molecule has 0 aliphatic heterocycles. The highest BCUT2D eigenvalue weighted by atomic mass is 32.2. The number of amides is 1. The average Bonchev–Trinajstić information content (AvgIpc) is 2.75. The largest absolute Gasteiger partial charge is 0.507 e. The fourth-order valence-electron chi connectivity index (χ4n) is 3.17. The minimum Gasteiger partial charge on any atom is -0.507 e. The predicted octanol–water partition coefficient (Wildman–Crippen LogP) is 4.72. The van der Waals surface area contributed by atoms with Crippen LogP contribution in [0.15, 0.2) is 57.7 Å². The van der Waals surface area contributed by atoms with Crippen LogP contribution in [0.25, 0.3) is 22.3 Å². The quantitative estimate of drug-likeness (QED) is 0.365. The Morgan fingerprint density at radius 1 is 1.15 bits per heavy atom. The summed E-state index contributed by atoms with van der Waals surface area (Å²) in [5, 5.41) is 12.9. The summed E-state index contributed by atoms with van der Waals surface area (Å²) in [4.78, 5) is 37.6. The van der Waals surface area contributed by atoms with Crippen molar-refractivity contribution in [2.24, 2.45) is 0 Å². The lowest BCUT2D eigenvalue weighted by Gasteiger charge is -2.22. The smallest absolute Gasteiger partial charge is 0.408 e. The van der Waals surface area contributed by atoms with Gasteiger partial charge in [0.05, 0.1) is 0 Å². The highest BCUT2D eigenvalue weighted by Crippen LogP contribution is 2.31. The number of carbonyl (C=O) groups excluding carboxylic acids is 2. The van der Waals surface area contributed by atoms with Gasteiger partial charge in [-0.25, -0.2) is 9.59 Å². The van der Waals surface area contributed by atoms with Crippen LogP contribution >= 0.6 is 11.8 Å². The maximum absolute atomic E-state index is 12.8. The van der Waals surface area contributed by atoms with Gasteiger partial charge in [-0.15, -0.1) is 0 Å². The van der Waals surface area contributed by atoms with Crippen molar-refractivity contribution in [3.05, 3.63) is 58.8 Å². The first-order chi connectivity index (χ1) is 16.1. The summed E-state index contributed by atoms with van der Waals surface area (Å²) in [6.07, 6.45) is 1.45. The minimum absolute atomic E-state index is 0.0229. The second-order valence-electron chi connectivity index (χ2n) is 8.56. The molecular weight excluding hydrogens is 458 g/mol. The number of hydrogen-bond acceptors (Lipinski definition) is 8. The lowest BCUT2D eigenvalue weighted by Crippen LogP contribution is -2.45. The summed E-state index contributed by atoms with van der Waals surface area (Å²) in [6.45, 7) is 5.16. The summed E-state index contributed by atoms with van der Waals surface area (Å²) in [5.41, 5.74) is -0.409. The molecule has 1 heterocycles. The number of phenolic OH excluding ortho intramolecular Hbond substituents is 1. The predicted molar refractivity (Wildman–Crippen MR) is 131 cm³/mol. The molecule has 2 N–H and O–H groups in total. The Morgan fingerprint density at radius 3 is 2.50 bits per heavy atom. The standard InChI is InChI=1S/C25H27NO7S/c1-25(2,3)33-24(30)26-17(10-11-34-4)23(29)31-16-12-18(27)22-19(28)14-20(32-21(22)13-16)15-8-6-5-7-9-15/h5-9,12-14,17,27H,10-11H2,1-4H3,(H,26,30). The van der Waals surface area contributed by atoms with Gasteiger partial charge < -0.3 is 24.3 Å². The fraction of sp³-hybridized carbons (Fsp3) is 0.320. The van der Waals surface area contributed by atoms with Gasteiger partial charge in [-0.3, -0.25) is 4.79 Å². The van der Waals surface area contributed by atoms with Gasteiger partial charge in [0.25, 0.3) is 0 Å². The molecule has 0 saturated carbocycles. The summed E-state index contributed by atoms with van der Waals surface area (Å²) >= 11 is 1.51. The average molecular weight is 486 g/mol. The third-order valence-corrected chi connectivity index (χ3v) is 5.29. The first kappa shape index (κ1) is 25.2. The van der Waals surface area contributed by atoms with E-state index in [1.807, 2.05) is 24.5 Å². The lowest BCUT2D eigenvalue weighted by atomic mass is 10.1. The van der Waals surface area contributed by atoms with E-state index in [2.05, 4.69) is 5.32 Å². The van der Waals surface area contributed by atoms with E-state index < -0.39 is 29.1 Å². The highest BCUT2D eigenvalue weighted by molar-refractivity contribution is 7.98. The molecule has 180 valence electrons. The molecule has 0 radical (unpaired) electrons. The van der Waals surface area contributed by atoms with Gasteiger partial charge >= 0.3 is 12.1 Å². The first-order valence-corrected chi connectivity index (χ1v) is 12.0. The van der Waals surface area contributed by atoms with Crippen LogP contribution in [0, 0.1) is 0 Å². The van der Waals surface area contributed by atoms with Crippen LogP contribution in [-0.4, -0.2) is 40.8 Å². The molecule has 0 fully saturated rings. The molecule has 9 heteroatoms. The molecule has 1 unspecified atom stereocenters. The van der Waals surface area contributed by atoms with Crippen LogP contribution < -0.4 is 15.5 Å². The van der Waals surface area contributed by atoms with Crippen molar-refractivity contribution < 1.29 is 28.6 Å². The van der Waals surface area contributed by atoms with Crippen molar-refractivity contribution in [1.29, 1.82) is 0 Å². The van der Waals surface area contributed by atoms with Gasteiger partial charge in [-0.1, -0.05) is 30.3 Å². The zero-order valence-corrected chi connectivity index (χ0v) is 20.2. The molecule has 0 spiro atoms. The van der Waals surface area contributed by atoms with Crippen molar-refractivity contribution >= 4 is 34.8 Å². The summed E-state index contributed by atoms with van der Waals surface area (Å²) in [7, 11) is 0. The van der Waals surface area contributed by atoms with Crippen LogP contribution in [0.2, 0.25) is 0 Å². The molecular formula is C25H27NO7S. The first-order valence-electron chi connectivity index (χ1n) is 10.6. The van der Waals surface area contributed by atoms with Crippen molar-refractivity contribution in [2.75, 3.05) is 12.0 Å². The van der Waals surface area contributed by atoms with Crippen molar-refractivity contribution in [3.63, 3.8) is 0 Å². The van der Waals surface area contributed by atoms with E-state index in [4.69, 9.17) is 13.9 Å². The number of alkyl carbamates (subject to hydrolysis) is 1. The molecule has 2 aromatic carbocycles. The number of rotatable bonds is 7. The third kappa shape index (κ3) is 6.54. The number of thioether (sulfide) groups is 1. The van der Waals surface area contributed by atoms with E-state index >= 15 is 0 Å². The van der Waals surface area contributed by atoms with E-state index in [0.29, 0.717) is 23.5 Å². The van der Waals surface area contributed by atoms with Gasteiger partial charge in [0.1, 0.15) is 39.9 Å². The van der Waals surface area contributed by atoms with Gasteiger partial charge in [-0.05, 0) is 39.2 Å². The van der Waals surface area contributed by atoms with E-state index in [9.17, 15) is 19.5 Å². The number of esters is 1. The number of nitrogens with one attached hydrogen (secondary N) is 1. The molecule has 0 aliphatic carbocycles. The normalized spacial score (nSPS) is 12.2. The number of phenols is 1. The Hall–Kier alpha value is -3.46. The highest BCUT2D eigenvalue weighted by Gasteiger charge is 2.26. The Bertz CT molecular complexity index is 1230. The Morgan fingerprint density at radius 2 is 1.85 bits per heavy atom. The number of carbonyl (C=O) groups is 2. The lowest BCUT2D eigenvalue weighted by molar-refractivity contribution is -0.136. The summed E-state index contributed by atoms with van der Waals surface area (Å²) < 4.78 is 16.5. The SMILES string of the molecule is CSCCC(NC(=O)OC(C)(C)C)C(=O)Oc1cc(O)c2c(=O)cc(-c3ccccc3)oc2c1. The van der Waals surface area contributed by atoms with E-state index in [-0.39, 0.29) is 22.5 Å². The van der Waals surface area contributed by atoms with Crippen LogP contribution in [0.4, 0.5) is 4.79 Å². The number of benzene rings is 2. The number of hydrogen-bond donors (Lipinski definition) is 2. The van der Waals surface area contributed by atoms with Gasteiger partial charge in [-0.2, -0.15) is 11.8 Å². The Balaban J connectivity index is 1.88. The van der Waals surface area contributed by atoms with Gasteiger partial charge in [0.2, 0.25) is 0 Å². The van der Waals surface area contributed by atoms with Gasteiger partial charge in [0, 0.05) is 23.8 Å². The summed E-state index contributed by atoms with van der Waals surface area (Å²) in [5.74, 6) is -0.239. The van der Waals surface area contributed by atoms with Crippen LogP contribution in [0.1, 0.15) is 27.2 Å². The molecule has 1 atom stereocenters. The number of fused-ring (bicyclic) bond motifs is 1. The molecule has 0 saturated heterocycles. The van der Waals surface area contributed by atoms with Crippen molar-refractivity contribution in [3.8, 4) is 22.8 Å². The van der Waals surface area contributed by atoms with Crippen molar-refractivity contribution in [1.82, 2.24) is 5.32 Å². The maximum Gasteiger partial charge on any atom is 0.408 e. The molecule has 0 bridgehead atoms. The van der Waals surface area contributed by atoms with Crippen LogP contribution in [0.3, 0.4) is 0 Å². The summed E-state index contributed by atoms with van der Waals surface area (Å²) in [6, 6.07) is 11.9. The third-order valence-electron chi connectivity index (χ3n) is 4.65. The number of aromatic hydroxyl groups is 1. The van der Waals surface area contributed by atoms with E-state index in [1.54, 1.807) is 32.9 Å². The maximum atomic E-state index is 12.8. The zero-order valence-electron chi connectivity index (χ0n) is 19.4. The molecule has 1 aromatic heterocycles. The topological polar surface area (TPSA) is 115 Å².